The molecule has 0 radical (unpaired) electrons. The van der Waals surface area contributed by atoms with Gasteiger partial charge in [-0.25, -0.2) is 0 Å². The number of hydrogen-bond donors (Lipinski definition) is 0. The van der Waals surface area contributed by atoms with Gasteiger partial charge in [-0.05, 0) is 17.9 Å². The summed E-state index contributed by atoms with van der Waals surface area (Å²) >= 11 is 1.49. The molecule has 1 aromatic heterocycles. The van der Waals surface area contributed by atoms with Gasteiger partial charge in [-0.2, -0.15) is 5.26 Å². The molecule has 0 aromatic carbocycles. The van der Waals surface area contributed by atoms with Crippen molar-refractivity contribution in [2.45, 2.75) is 29.2 Å². The predicted octanol–water partition coefficient (Wildman–Crippen LogP) is 2.55. The highest BCUT2D eigenvalue weighted by Crippen LogP contribution is 2.20. The first kappa shape index (κ1) is 10.4. The molecule has 1 heterocycles. The van der Waals surface area contributed by atoms with E-state index in [2.05, 4.69) is 6.07 Å². The lowest BCUT2D eigenvalue weighted by Gasteiger charge is -2.08. The smallest absolute Gasteiger partial charge is 0.0913 e. The van der Waals surface area contributed by atoms with Crippen LogP contribution in [0.4, 0.5) is 0 Å². The van der Waals surface area contributed by atoms with Crippen molar-refractivity contribution in [3.05, 3.63) is 17.5 Å². The molecule has 1 rings (SSSR count). The van der Waals surface area contributed by atoms with Gasteiger partial charge in [-0.3, -0.25) is 4.21 Å². The predicted molar refractivity (Wildman–Crippen MR) is 55.0 cm³/mol. The second-order valence-electron chi connectivity index (χ2n) is 2.62. The third-order valence-electron chi connectivity index (χ3n) is 1.77. The van der Waals surface area contributed by atoms with Crippen molar-refractivity contribution >= 4 is 22.1 Å². The number of thiophene rings is 1. The highest BCUT2D eigenvalue weighted by molar-refractivity contribution is 7.87. The van der Waals surface area contributed by atoms with Crippen molar-refractivity contribution in [3.63, 3.8) is 0 Å². The Morgan fingerprint density at radius 2 is 2.54 bits per heavy atom. The number of hydrogen-bond acceptors (Lipinski definition) is 3. The van der Waals surface area contributed by atoms with Gasteiger partial charge in [0.1, 0.15) is 0 Å². The molecule has 0 saturated heterocycles. The summed E-state index contributed by atoms with van der Waals surface area (Å²) in [5, 5.41) is 10.4. The van der Waals surface area contributed by atoms with Gasteiger partial charge >= 0.3 is 0 Å². The van der Waals surface area contributed by atoms with Gasteiger partial charge < -0.3 is 0 Å². The average molecular weight is 213 g/mol. The highest BCUT2D eigenvalue weighted by Gasteiger charge is 2.16. The Morgan fingerprint density at radius 3 is 3.00 bits per heavy atom. The van der Waals surface area contributed by atoms with E-state index in [4.69, 9.17) is 5.26 Å². The van der Waals surface area contributed by atoms with Crippen LogP contribution in [0.2, 0.25) is 0 Å². The first-order valence-corrected chi connectivity index (χ1v) is 6.20. The molecule has 13 heavy (non-hydrogen) atoms. The van der Waals surface area contributed by atoms with Gasteiger partial charge in [-0.1, -0.05) is 13.0 Å². The molecule has 2 nitrogen and oxygen atoms in total. The van der Waals surface area contributed by atoms with Crippen molar-refractivity contribution in [1.82, 2.24) is 0 Å². The van der Waals surface area contributed by atoms with E-state index in [9.17, 15) is 4.21 Å². The number of nitrogens with zero attached hydrogens (tertiary/aromatic N) is 1. The Bertz CT molecular complexity index is 313. The topological polar surface area (TPSA) is 40.9 Å². The van der Waals surface area contributed by atoms with Gasteiger partial charge in [-0.15, -0.1) is 11.3 Å². The lowest BCUT2D eigenvalue weighted by molar-refractivity contribution is 0.666. The fourth-order valence-electron chi connectivity index (χ4n) is 1.02. The van der Waals surface area contributed by atoms with Crippen LogP contribution in [0.3, 0.4) is 0 Å². The molecule has 2 atom stereocenters. The van der Waals surface area contributed by atoms with Crippen molar-refractivity contribution < 1.29 is 4.21 Å². The summed E-state index contributed by atoms with van der Waals surface area (Å²) in [6.45, 7) is 1.97. The van der Waals surface area contributed by atoms with E-state index < -0.39 is 10.8 Å². The molecule has 1 aromatic rings. The Kier molecular flexibility index (Phi) is 4.13. The van der Waals surface area contributed by atoms with Crippen LogP contribution in [0, 0.1) is 11.3 Å². The second-order valence-corrected chi connectivity index (χ2v) is 5.53. The summed E-state index contributed by atoms with van der Waals surface area (Å²) in [4.78, 5) is 0. The summed E-state index contributed by atoms with van der Waals surface area (Å²) in [6.07, 6.45) is 1.17. The summed E-state index contributed by atoms with van der Waals surface area (Å²) in [5.74, 6) is 0. The Morgan fingerprint density at radius 1 is 1.77 bits per heavy atom. The van der Waals surface area contributed by atoms with Crippen LogP contribution in [0.5, 0.6) is 0 Å². The second kappa shape index (κ2) is 5.15. The van der Waals surface area contributed by atoms with Crippen LogP contribution in [-0.2, 0) is 10.8 Å². The van der Waals surface area contributed by atoms with E-state index in [0.717, 1.165) is 10.6 Å². The largest absolute Gasteiger partial charge is 0.253 e. The first-order valence-electron chi connectivity index (χ1n) is 4.10. The van der Waals surface area contributed by atoms with Gasteiger partial charge in [0.2, 0.25) is 0 Å². The molecular weight excluding hydrogens is 202 g/mol. The van der Waals surface area contributed by atoms with Gasteiger partial charge in [0.15, 0.2) is 0 Å². The van der Waals surface area contributed by atoms with Crippen molar-refractivity contribution in [2.75, 3.05) is 0 Å². The third-order valence-corrected chi connectivity index (χ3v) is 4.85. The zero-order valence-electron chi connectivity index (χ0n) is 7.40. The SMILES string of the molecule is CCC(CC#N)S(=O)c1cccs1. The molecule has 0 aliphatic carbocycles. The van der Waals surface area contributed by atoms with Crippen molar-refractivity contribution in [2.24, 2.45) is 0 Å². The summed E-state index contributed by atoms with van der Waals surface area (Å²) in [7, 11) is -0.994. The van der Waals surface area contributed by atoms with Gasteiger partial charge in [0, 0.05) is 6.42 Å². The molecule has 70 valence electrons. The zero-order chi connectivity index (χ0) is 9.68. The van der Waals surface area contributed by atoms with Crippen molar-refractivity contribution in [3.8, 4) is 6.07 Å². The maximum atomic E-state index is 11.8. The molecule has 4 heteroatoms. The molecule has 0 fully saturated rings. The van der Waals surface area contributed by atoms with Crippen LogP contribution >= 0.6 is 11.3 Å². The molecule has 0 saturated carbocycles. The van der Waals surface area contributed by atoms with Crippen LogP contribution in [-0.4, -0.2) is 9.46 Å². The fourth-order valence-corrected chi connectivity index (χ4v) is 3.49. The van der Waals surface area contributed by atoms with Crippen LogP contribution in [0.15, 0.2) is 21.7 Å². The summed E-state index contributed by atoms with van der Waals surface area (Å²) < 4.78 is 12.7. The minimum absolute atomic E-state index is 0.0105. The van der Waals surface area contributed by atoms with Crippen LogP contribution in [0.25, 0.3) is 0 Å². The molecule has 0 amide bonds. The van der Waals surface area contributed by atoms with E-state index >= 15 is 0 Å². The lowest BCUT2D eigenvalue weighted by atomic mass is 10.3. The van der Waals surface area contributed by atoms with Crippen molar-refractivity contribution in [1.29, 1.82) is 5.26 Å². The minimum Gasteiger partial charge on any atom is -0.253 e. The molecule has 2 unspecified atom stereocenters. The lowest BCUT2D eigenvalue weighted by Crippen LogP contribution is -2.12. The third kappa shape index (κ3) is 2.64. The quantitative estimate of drug-likeness (QED) is 0.771. The average Bonchev–Trinajstić information content (AvgIpc) is 2.65. The highest BCUT2D eigenvalue weighted by atomic mass is 32.2. The minimum atomic E-state index is -0.994. The summed E-state index contributed by atoms with van der Waals surface area (Å²) in [5.41, 5.74) is 0. The van der Waals surface area contributed by atoms with E-state index in [1.54, 1.807) is 0 Å². The standard InChI is InChI=1S/C9H11NOS2/c1-2-8(5-6-10)13(11)9-4-3-7-12-9/h3-4,7-8H,2,5H2,1H3. The summed E-state index contributed by atoms with van der Waals surface area (Å²) in [6, 6.07) is 5.82. The normalized spacial score (nSPS) is 14.8. The molecule has 0 aliphatic heterocycles. The van der Waals surface area contributed by atoms with Crippen LogP contribution < -0.4 is 0 Å². The molecular formula is C9H11NOS2. The first-order chi connectivity index (χ1) is 6.29. The number of rotatable bonds is 4. The maximum Gasteiger partial charge on any atom is 0.0913 e. The fraction of sp³-hybridized carbons (Fsp3) is 0.444. The Hall–Kier alpha value is -0.660. The number of nitriles is 1. The Balaban J connectivity index is 2.72. The molecule has 0 bridgehead atoms. The van der Waals surface area contributed by atoms with E-state index in [-0.39, 0.29) is 5.25 Å². The van der Waals surface area contributed by atoms with Crippen LogP contribution in [0.1, 0.15) is 19.8 Å². The van der Waals surface area contributed by atoms with Gasteiger partial charge in [0.05, 0.1) is 26.3 Å². The van der Waals surface area contributed by atoms with E-state index in [1.807, 2.05) is 24.4 Å². The van der Waals surface area contributed by atoms with E-state index in [1.165, 1.54) is 11.3 Å². The molecule has 0 N–H and O–H groups in total. The maximum absolute atomic E-state index is 11.8. The van der Waals surface area contributed by atoms with E-state index in [0.29, 0.717) is 6.42 Å². The molecule has 0 spiro atoms. The van der Waals surface area contributed by atoms with Gasteiger partial charge in [0.25, 0.3) is 0 Å². The molecule has 0 aliphatic rings. The zero-order valence-corrected chi connectivity index (χ0v) is 9.03. The monoisotopic (exact) mass is 213 g/mol. The Labute approximate surface area is 84.7 Å².